The lowest BCUT2D eigenvalue weighted by atomic mass is 10.1. The van der Waals surface area contributed by atoms with E-state index in [1.54, 1.807) is 12.4 Å². The van der Waals surface area contributed by atoms with E-state index in [4.69, 9.17) is 11.6 Å². The predicted molar refractivity (Wildman–Crippen MR) is 46.2 cm³/mol. The van der Waals surface area contributed by atoms with E-state index in [-0.39, 0.29) is 0 Å². The van der Waals surface area contributed by atoms with E-state index in [9.17, 15) is 0 Å². The third-order valence-electron chi connectivity index (χ3n) is 1.60. The minimum atomic E-state index is 0.494. The molecule has 0 N–H and O–H groups in total. The van der Waals surface area contributed by atoms with E-state index >= 15 is 0 Å². The highest BCUT2D eigenvalue weighted by atomic mass is 35.5. The van der Waals surface area contributed by atoms with Crippen LogP contribution in [0.1, 0.15) is 0 Å². The van der Waals surface area contributed by atoms with Crippen molar-refractivity contribution in [1.82, 2.24) is 14.4 Å². The van der Waals surface area contributed by atoms with Gasteiger partial charge >= 0.3 is 0 Å². The molecular weight excluding hydrogens is 160 g/mol. The van der Waals surface area contributed by atoms with E-state index < -0.39 is 0 Å². The SMILES string of the molecule is Bc1ncc2c(Cl)nccn12. The van der Waals surface area contributed by atoms with Gasteiger partial charge in [0.25, 0.3) is 0 Å². The predicted octanol–water partition coefficient (Wildman–Crippen LogP) is -0.359. The van der Waals surface area contributed by atoms with E-state index in [2.05, 4.69) is 9.97 Å². The molecule has 0 aromatic carbocycles. The highest BCUT2D eigenvalue weighted by Crippen LogP contribution is 2.10. The van der Waals surface area contributed by atoms with Crippen molar-refractivity contribution in [2.45, 2.75) is 0 Å². The number of hydrogen-bond donors (Lipinski definition) is 0. The summed E-state index contributed by atoms with van der Waals surface area (Å²) < 4.78 is 1.90. The first-order chi connectivity index (χ1) is 5.29. The Balaban J connectivity index is 2.94. The van der Waals surface area contributed by atoms with Crippen molar-refractivity contribution in [2.75, 3.05) is 0 Å². The maximum Gasteiger partial charge on any atom is 0.186 e. The lowest BCUT2D eigenvalue weighted by Crippen LogP contribution is -2.12. The Morgan fingerprint density at radius 2 is 2.27 bits per heavy atom. The number of hydrogen-bond acceptors (Lipinski definition) is 2. The molecule has 0 aliphatic heterocycles. The topological polar surface area (TPSA) is 30.2 Å². The van der Waals surface area contributed by atoms with Gasteiger partial charge in [-0.3, -0.25) is 4.98 Å². The molecule has 0 bridgehead atoms. The second kappa shape index (κ2) is 2.24. The number of halogens is 1. The number of fused-ring (bicyclic) bond motifs is 1. The molecule has 2 aromatic rings. The number of aromatic nitrogens is 3. The van der Waals surface area contributed by atoms with Gasteiger partial charge in [-0.25, -0.2) is 4.98 Å². The fourth-order valence-corrected chi connectivity index (χ4v) is 1.22. The average Bonchev–Trinajstić information content (AvgIpc) is 2.35. The van der Waals surface area contributed by atoms with Crippen LogP contribution in [0.4, 0.5) is 0 Å². The molecule has 0 saturated carbocycles. The van der Waals surface area contributed by atoms with Crippen molar-refractivity contribution >= 4 is 30.7 Å². The summed E-state index contributed by atoms with van der Waals surface area (Å²) >= 11 is 5.80. The molecule has 2 heterocycles. The smallest absolute Gasteiger partial charge is 0.186 e. The Bertz CT molecular complexity index is 398. The van der Waals surface area contributed by atoms with Crippen LogP contribution < -0.4 is 5.72 Å². The molecule has 0 fully saturated rings. The largest absolute Gasteiger partial charge is 0.308 e. The summed E-state index contributed by atoms with van der Waals surface area (Å²) in [6.07, 6.45) is 5.21. The van der Waals surface area contributed by atoms with Gasteiger partial charge in [-0.15, -0.1) is 0 Å². The molecule has 2 aromatic heterocycles. The van der Waals surface area contributed by atoms with Gasteiger partial charge in [-0.05, 0) is 0 Å². The monoisotopic (exact) mass is 165 g/mol. The van der Waals surface area contributed by atoms with Gasteiger partial charge in [0.05, 0.1) is 11.9 Å². The molecule has 54 valence electrons. The summed E-state index contributed by atoms with van der Waals surface area (Å²) in [6, 6.07) is 0. The van der Waals surface area contributed by atoms with Crippen LogP contribution in [0.5, 0.6) is 0 Å². The molecule has 0 radical (unpaired) electrons. The Labute approximate surface area is 69.4 Å². The van der Waals surface area contributed by atoms with Gasteiger partial charge in [-0.2, -0.15) is 0 Å². The molecule has 0 unspecified atom stereocenters. The molecule has 0 spiro atoms. The summed E-state index contributed by atoms with van der Waals surface area (Å²) in [4.78, 5) is 8.02. The molecule has 2 rings (SSSR count). The second-order valence-electron chi connectivity index (χ2n) is 2.28. The quantitative estimate of drug-likeness (QED) is 0.499. The Morgan fingerprint density at radius 1 is 1.45 bits per heavy atom. The number of imidazole rings is 1. The molecular formula is C6H5BClN3. The van der Waals surface area contributed by atoms with Crippen LogP contribution >= 0.6 is 11.6 Å². The third kappa shape index (κ3) is 0.904. The molecule has 0 amide bonds. The molecule has 0 atom stereocenters. The molecule has 5 heteroatoms. The highest BCUT2D eigenvalue weighted by Gasteiger charge is 2.01. The molecule has 0 aliphatic rings. The van der Waals surface area contributed by atoms with Crippen molar-refractivity contribution in [3.8, 4) is 0 Å². The van der Waals surface area contributed by atoms with Crippen LogP contribution in [0, 0.1) is 0 Å². The summed E-state index contributed by atoms with van der Waals surface area (Å²) in [5.41, 5.74) is 1.77. The fraction of sp³-hybridized carbons (Fsp3) is 0. The van der Waals surface area contributed by atoms with Crippen molar-refractivity contribution in [2.24, 2.45) is 0 Å². The van der Waals surface area contributed by atoms with Crippen LogP contribution in [0.2, 0.25) is 5.15 Å². The van der Waals surface area contributed by atoms with Crippen molar-refractivity contribution in [3.05, 3.63) is 23.7 Å². The summed E-state index contributed by atoms with van der Waals surface area (Å²) in [5.74, 6) is 0. The van der Waals surface area contributed by atoms with E-state index in [0.717, 1.165) is 11.2 Å². The summed E-state index contributed by atoms with van der Waals surface area (Å²) in [7, 11) is 1.92. The van der Waals surface area contributed by atoms with Gasteiger partial charge < -0.3 is 4.40 Å². The van der Waals surface area contributed by atoms with Crippen LogP contribution in [0.15, 0.2) is 18.6 Å². The highest BCUT2D eigenvalue weighted by molar-refractivity contribution is 6.33. The van der Waals surface area contributed by atoms with Gasteiger partial charge in [0.2, 0.25) is 0 Å². The lowest BCUT2D eigenvalue weighted by molar-refractivity contribution is 1.16. The van der Waals surface area contributed by atoms with Crippen molar-refractivity contribution in [1.29, 1.82) is 0 Å². The minimum Gasteiger partial charge on any atom is -0.308 e. The Kier molecular flexibility index (Phi) is 1.36. The first-order valence-corrected chi connectivity index (χ1v) is 3.61. The molecule has 3 nitrogen and oxygen atoms in total. The van der Waals surface area contributed by atoms with Crippen LogP contribution in [0.3, 0.4) is 0 Å². The van der Waals surface area contributed by atoms with E-state index in [0.29, 0.717) is 5.15 Å². The van der Waals surface area contributed by atoms with Crippen LogP contribution in [-0.2, 0) is 0 Å². The number of nitrogens with zero attached hydrogens (tertiary/aromatic N) is 3. The van der Waals surface area contributed by atoms with E-state index in [1.807, 2.05) is 18.4 Å². The van der Waals surface area contributed by atoms with E-state index in [1.165, 1.54) is 0 Å². The maximum absolute atomic E-state index is 5.80. The Morgan fingerprint density at radius 3 is 3.00 bits per heavy atom. The number of rotatable bonds is 0. The first-order valence-electron chi connectivity index (χ1n) is 3.23. The lowest BCUT2D eigenvalue weighted by Gasteiger charge is -1.95. The van der Waals surface area contributed by atoms with Gasteiger partial charge in [-0.1, -0.05) is 11.6 Å². The van der Waals surface area contributed by atoms with Crippen LogP contribution in [0.25, 0.3) is 5.52 Å². The zero-order valence-electron chi connectivity index (χ0n) is 5.95. The standard InChI is InChI=1S/C6H5BClN3/c7-6-10-3-4-5(8)9-1-2-11(4)6/h1-3H,7H2. The zero-order chi connectivity index (χ0) is 7.84. The second-order valence-corrected chi connectivity index (χ2v) is 2.64. The fourth-order valence-electron chi connectivity index (χ4n) is 1.03. The molecule has 0 saturated heterocycles. The van der Waals surface area contributed by atoms with Crippen molar-refractivity contribution < 1.29 is 0 Å². The first kappa shape index (κ1) is 6.67. The minimum absolute atomic E-state index is 0.494. The van der Waals surface area contributed by atoms with Gasteiger partial charge in [0.1, 0.15) is 5.52 Å². The summed E-state index contributed by atoms with van der Waals surface area (Å²) in [6.45, 7) is 0. The molecule has 0 aliphatic carbocycles. The third-order valence-corrected chi connectivity index (χ3v) is 1.89. The normalized spacial score (nSPS) is 10.6. The van der Waals surface area contributed by atoms with Crippen molar-refractivity contribution in [3.63, 3.8) is 0 Å². The molecule has 11 heavy (non-hydrogen) atoms. The summed E-state index contributed by atoms with van der Waals surface area (Å²) in [5, 5.41) is 0.494. The zero-order valence-corrected chi connectivity index (χ0v) is 6.71. The van der Waals surface area contributed by atoms with Gasteiger partial charge in [0, 0.05) is 12.4 Å². The maximum atomic E-state index is 5.80. The van der Waals surface area contributed by atoms with Gasteiger partial charge in [0.15, 0.2) is 13.0 Å². The van der Waals surface area contributed by atoms with Crippen LogP contribution in [-0.4, -0.2) is 22.2 Å². The average molecular weight is 165 g/mol. The Hall–Kier alpha value is -1.03.